The van der Waals surface area contributed by atoms with Gasteiger partial charge in [0.25, 0.3) is 0 Å². The summed E-state index contributed by atoms with van der Waals surface area (Å²) in [5.41, 5.74) is 1.72. The maximum Gasteiger partial charge on any atom is 0.336 e. The molecule has 1 amide bonds. The highest BCUT2D eigenvalue weighted by Crippen LogP contribution is 2.22. The molecule has 0 saturated carbocycles. The number of hydrogen-bond donors (Lipinski definition) is 1. The standard InChI is InChI=1S/C22H19N3O6/c1-13-9-20(26)30-18-10-16(7-8-17(13)18)29-12-19-24-22(31-25-19)21(27)23-11-14-3-5-15(28-2)6-4-14/h3-10H,11-12H2,1-2H3,(H,23,27). The molecule has 0 bridgehead atoms. The number of nitrogens with zero attached hydrogens (tertiary/aromatic N) is 2. The van der Waals surface area contributed by atoms with Gasteiger partial charge < -0.3 is 23.7 Å². The van der Waals surface area contributed by atoms with Crippen LogP contribution >= 0.6 is 0 Å². The van der Waals surface area contributed by atoms with Crippen molar-refractivity contribution in [1.82, 2.24) is 15.5 Å². The van der Waals surface area contributed by atoms with Gasteiger partial charge in [-0.15, -0.1) is 0 Å². The summed E-state index contributed by atoms with van der Waals surface area (Å²) in [5.74, 6) is 0.766. The quantitative estimate of drug-likeness (QED) is 0.453. The second kappa shape index (κ2) is 8.70. The SMILES string of the molecule is COc1ccc(CNC(=O)c2nc(COc3ccc4c(C)cc(=O)oc4c3)no2)cc1. The Kier molecular flexibility index (Phi) is 5.65. The minimum atomic E-state index is -0.488. The third kappa shape index (κ3) is 4.72. The van der Waals surface area contributed by atoms with Crippen LogP contribution in [0.5, 0.6) is 11.5 Å². The van der Waals surface area contributed by atoms with Gasteiger partial charge in [-0.05, 0) is 42.3 Å². The van der Waals surface area contributed by atoms with Gasteiger partial charge in [-0.2, -0.15) is 4.98 Å². The third-order valence-electron chi connectivity index (χ3n) is 4.57. The molecule has 9 heteroatoms. The number of benzene rings is 2. The molecule has 2 aromatic heterocycles. The molecule has 0 aliphatic carbocycles. The predicted molar refractivity (Wildman–Crippen MR) is 110 cm³/mol. The van der Waals surface area contributed by atoms with Crippen LogP contribution in [0.3, 0.4) is 0 Å². The Morgan fingerprint density at radius 3 is 2.65 bits per heavy atom. The molecule has 0 fully saturated rings. The number of ether oxygens (including phenoxy) is 2. The van der Waals surface area contributed by atoms with Crippen LogP contribution in [0.25, 0.3) is 11.0 Å². The smallest absolute Gasteiger partial charge is 0.336 e. The van der Waals surface area contributed by atoms with Crippen molar-refractivity contribution in [1.29, 1.82) is 0 Å². The van der Waals surface area contributed by atoms with Crippen molar-refractivity contribution in [3.05, 3.63) is 81.8 Å². The number of hydrogen-bond acceptors (Lipinski definition) is 8. The average Bonchev–Trinajstić information content (AvgIpc) is 3.25. The van der Waals surface area contributed by atoms with E-state index in [2.05, 4.69) is 15.5 Å². The van der Waals surface area contributed by atoms with Crippen molar-refractivity contribution < 1.29 is 23.2 Å². The number of carbonyl (C=O) groups excluding carboxylic acids is 1. The number of fused-ring (bicyclic) bond motifs is 1. The maximum atomic E-state index is 12.2. The van der Waals surface area contributed by atoms with E-state index in [1.165, 1.54) is 6.07 Å². The highest BCUT2D eigenvalue weighted by molar-refractivity contribution is 5.89. The van der Waals surface area contributed by atoms with Crippen molar-refractivity contribution >= 4 is 16.9 Å². The van der Waals surface area contributed by atoms with Crippen LogP contribution < -0.4 is 20.4 Å². The lowest BCUT2D eigenvalue weighted by atomic mass is 10.1. The molecule has 0 spiro atoms. The first-order valence-corrected chi connectivity index (χ1v) is 9.43. The second-order valence-corrected chi connectivity index (χ2v) is 6.74. The molecule has 1 N–H and O–H groups in total. The topological polar surface area (TPSA) is 117 Å². The van der Waals surface area contributed by atoms with Gasteiger partial charge in [-0.1, -0.05) is 17.3 Å². The van der Waals surface area contributed by atoms with Gasteiger partial charge >= 0.3 is 17.4 Å². The number of nitrogens with one attached hydrogen (secondary N) is 1. The van der Waals surface area contributed by atoms with E-state index >= 15 is 0 Å². The maximum absolute atomic E-state index is 12.2. The van der Waals surface area contributed by atoms with Gasteiger partial charge in [-0.25, -0.2) is 4.79 Å². The molecule has 0 aliphatic heterocycles. The molecular formula is C22H19N3O6. The zero-order valence-corrected chi connectivity index (χ0v) is 16.9. The highest BCUT2D eigenvalue weighted by Gasteiger charge is 2.15. The van der Waals surface area contributed by atoms with E-state index in [-0.39, 0.29) is 18.3 Å². The first kappa shape index (κ1) is 20.1. The molecule has 0 atom stereocenters. The third-order valence-corrected chi connectivity index (χ3v) is 4.57. The summed E-state index contributed by atoms with van der Waals surface area (Å²) in [5, 5.41) is 7.29. The zero-order chi connectivity index (χ0) is 21.8. The summed E-state index contributed by atoms with van der Waals surface area (Å²) in [6, 6.07) is 13.9. The molecule has 0 unspecified atom stereocenters. The van der Waals surface area contributed by atoms with E-state index in [4.69, 9.17) is 18.4 Å². The first-order chi connectivity index (χ1) is 15.0. The molecule has 0 radical (unpaired) electrons. The summed E-state index contributed by atoms with van der Waals surface area (Å²) in [7, 11) is 1.59. The Labute approximate surface area is 176 Å². The molecule has 2 aromatic carbocycles. The van der Waals surface area contributed by atoms with Crippen LogP contribution in [0.1, 0.15) is 27.6 Å². The molecule has 2 heterocycles. The van der Waals surface area contributed by atoms with E-state index in [0.717, 1.165) is 22.3 Å². The predicted octanol–water partition coefficient (Wildman–Crippen LogP) is 3.00. The van der Waals surface area contributed by atoms with Crippen LogP contribution in [-0.2, 0) is 13.2 Å². The zero-order valence-electron chi connectivity index (χ0n) is 16.9. The number of carbonyl (C=O) groups is 1. The molecule has 158 valence electrons. The van der Waals surface area contributed by atoms with Crippen molar-refractivity contribution in [2.75, 3.05) is 7.11 Å². The molecule has 31 heavy (non-hydrogen) atoms. The van der Waals surface area contributed by atoms with Crippen LogP contribution in [0.15, 0.2) is 62.3 Å². The highest BCUT2D eigenvalue weighted by atomic mass is 16.5. The van der Waals surface area contributed by atoms with Gasteiger partial charge in [0, 0.05) is 24.1 Å². The van der Waals surface area contributed by atoms with Gasteiger partial charge in [-0.3, -0.25) is 4.79 Å². The Morgan fingerprint density at radius 2 is 1.87 bits per heavy atom. The Balaban J connectivity index is 1.35. The first-order valence-electron chi connectivity index (χ1n) is 9.43. The minimum absolute atomic E-state index is 0.0170. The normalized spacial score (nSPS) is 10.8. The van der Waals surface area contributed by atoms with Gasteiger partial charge in [0.1, 0.15) is 17.1 Å². The van der Waals surface area contributed by atoms with Crippen molar-refractivity contribution in [2.45, 2.75) is 20.1 Å². The van der Waals surface area contributed by atoms with E-state index < -0.39 is 11.5 Å². The van der Waals surface area contributed by atoms with Crippen molar-refractivity contribution in [2.24, 2.45) is 0 Å². The van der Waals surface area contributed by atoms with E-state index in [0.29, 0.717) is 17.9 Å². The number of amides is 1. The van der Waals surface area contributed by atoms with Crippen LogP contribution in [0.2, 0.25) is 0 Å². The van der Waals surface area contributed by atoms with Crippen molar-refractivity contribution in [3.63, 3.8) is 0 Å². The molecule has 4 aromatic rings. The average molecular weight is 421 g/mol. The molecular weight excluding hydrogens is 402 g/mol. The number of aromatic nitrogens is 2. The fourth-order valence-corrected chi connectivity index (χ4v) is 2.95. The number of rotatable bonds is 7. The van der Waals surface area contributed by atoms with Crippen LogP contribution in [-0.4, -0.2) is 23.2 Å². The van der Waals surface area contributed by atoms with Crippen molar-refractivity contribution in [3.8, 4) is 11.5 Å². The van der Waals surface area contributed by atoms with E-state index in [1.807, 2.05) is 31.2 Å². The monoisotopic (exact) mass is 421 g/mol. The summed E-state index contributed by atoms with van der Waals surface area (Å²) >= 11 is 0. The lowest BCUT2D eigenvalue weighted by Crippen LogP contribution is -2.23. The van der Waals surface area contributed by atoms with Crippen LogP contribution in [0.4, 0.5) is 0 Å². The fourth-order valence-electron chi connectivity index (χ4n) is 2.95. The Hall–Kier alpha value is -4.14. The molecule has 4 rings (SSSR count). The minimum Gasteiger partial charge on any atom is -0.497 e. The molecule has 0 aliphatic rings. The summed E-state index contributed by atoms with van der Waals surface area (Å²) in [6.45, 7) is 2.12. The molecule has 0 saturated heterocycles. The van der Waals surface area contributed by atoms with Gasteiger partial charge in [0.15, 0.2) is 6.61 Å². The number of methoxy groups -OCH3 is 1. The fraction of sp³-hybridized carbons (Fsp3) is 0.182. The van der Waals surface area contributed by atoms with Crippen LogP contribution in [0, 0.1) is 6.92 Å². The largest absolute Gasteiger partial charge is 0.497 e. The summed E-state index contributed by atoms with van der Waals surface area (Å²) in [4.78, 5) is 27.8. The summed E-state index contributed by atoms with van der Waals surface area (Å²) < 4.78 is 20.9. The number of aryl methyl sites for hydroxylation is 1. The van der Waals surface area contributed by atoms with E-state index in [9.17, 15) is 9.59 Å². The lowest BCUT2D eigenvalue weighted by molar-refractivity contribution is 0.0907. The van der Waals surface area contributed by atoms with Gasteiger partial charge in [0.2, 0.25) is 5.82 Å². The second-order valence-electron chi connectivity index (χ2n) is 6.74. The molecule has 9 nitrogen and oxygen atoms in total. The Bertz CT molecular complexity index is 1280. The Morgan fingerprint density at radius 1 is 1.10 bits per heavy atom. The lowest BCUT2D eigenvalue weighted by Gasteiger charge is -2.05. The van der Waals surface area contributed by atoms with Gasteiger partial charge in [0.05, 0.1) is 7.11 Å². The summed E-state index contributed by atoms with van der Waals surface area (Å²) in [6.07, 6.45) is 0. The van der Waals surface area contributed by atoms with E-state index in [1.54, 1.807) is 25.3 Å².